The molecule has 3 rings (SSSR count). The molecule has 1 N–H and O–H groups in total. The van der Waals surface area contributed by atoms with Crippen molar-refractivity contribution < 1.29 is 27.1 Å². The molecule has 0 bridgehead atoms. The van der Waals surface area contributed by atoms with Crippen LogP contribution in [0.4, 0.5) is 10.1 Å². The van der Waals surface area contributed by atoms with Gasteiger partial charge in [0.25, 0.3) is 0 Å². The first-order valence-corrected chi connectivity index (χ1v) is 14.8. The summed E-state index contributed by atoms with van der Waals surface area (Å²) in [4.78, 5) is 28.7. The maximum Gasteiger partial charge on any atom is 0.244 e. The van der Waals surface area contributed by atoms with E-state index in [1.807, 2.05) is 13.8 Å². The monoisotopic (exact) mass is 547 g/mol. The smallest absolute Gasteiger partial charge is 0.244 e. The molecule has 1 aliphatic carbocycles. The van der Waals surface area contributed by atoms with Crippen LogP contribution >= 0.6 is 0 Å². The third-order valence-electron chi connectivity index (χ3n) is 6.89. The Morgan fingerprint density at radius 2 is 1.76 bits per heavy atom. The lowest BCUT2D eigenvalue weighted by atomic mass is 9.95. The molecular formula is C28H38FN3O5S. The molecule has 0 saturated heterocycles. The first kappa shape index (κ1) is 29.4. The highest BCUT2D eigenvalue weighted by Gasteiger charge is 2.33. The standard InChI is InChI=1S/C28H38FN3O5S/c1-5-24(28(34)30-23-9-7-6-8-10-23)31(18-21-12-14-22(29)15-13-21)27(33)19-32(38(4,35)36)25-17-20(2)11-16-26(25)37-3/h11-17,23-24H,5-10,18-19H2,1-4H3,(H,30,34)/t24-/m1/s1. The number of anilines is 1. The largest absolute Gasteiger partial charge is 0.495 e. The highest BCUT2D eigenvalue weighted by atomic mass is 32.2. The Morgan fingerprint density at radius 1 is 1.11 bits per heavy atom. The van der Waals surface area contributed by atoms with Crippen molar-refractivity contribution in [1.29, 1.82) is 0 Å². The van der Waals surface area contributed by atoms with Crippen LogP contribution in [0.2, 0.25) is 0 Å². The number of ether oxygens (including phenoxy) is 1. The lowest BCUT2D eigenvalue weighted by Crippen LogP contribution is -2.54. The molecule has 2 aromatic rings. The first-order valence-electron chi connectivity index (χ1n) is 13.0. The second kappa shape index (κ2) is 13.1. The van der Waals surface area contributed by atoms with E-state index in [2.05, 4.69) is 5.32 Å². The van der Waals surface area contributed by atoms with Crippen LogP contribution in [0.15, 0.2) is 42.5 Å². The van der Waals surface area contributed by atoms with Gasteiger partial charge in [-0.05, 0) is 61.6 Å². The summed E-state index contributed by atoms with van der Waals surface area (Å²) >= 11 is 0. The average Bonchev–Trinajstić information content (AvgIpc) is 2.88. The van der Waals surface area contributed by atoms with Gasteiger partial charge in [0.15, 0.2) is 0 Å². The number of halogens is 1. The molecule has 10 heteroatoms. The predicted octanol–water partition coefficient (Wildman–Crippen LogP) is 4.17. The van der Waals surface area contributed by atoms with Crippen molar-refractivity contribution in [1.82, 2.24) is 10.2 Å². The third-order valence-corrected chi connectivity index (χ3v) is 8.01. The number of rotatable bonds is 11. The van der Waals surface area contributed by atoms with Gasteiger partial charge in [-0.3, -0.25) is 13.9 Å². The Hall–Kier alpha value is -3.14. The van der Waals surface area contributed by atoms with Crippen molar-refractivity contribution in [2.24, 2.45) is 0 Å². The molecule has 1 fully saturated rings. The molecule has 208 valence electrons. The van der Waals surface area contributed by atoms with E-state index in [4.69, 9.17) is 4.74 Å². The van der Waals surface area contributed by atoms with Gasteiger partial charge in [0.05, 0.1) is 19.1 Å². The van der Waals surface area contributed by atoms with Crippen LogP contribution in [0.3, 0.4) is 0 Å². The van der Waals surface area contributed by atoms with Gasteiger partial charge in [0.2, 0.25) is 21.8 Å². The van der Waals surface area contributed by atoms with Gasteiger partial charge in [-0.1, -0.05) is 44.4 Å². The lowest BCUT2D eigenvalue weighted by Gasteiger charge is -2.34. The highest BCUT2D eigenvalue weighted by molar-refractivity contribution is 7.92. The Balaban J connectivity index is 1.95. The molecule has 0 spiro atoms. The summed E-state index contributed by atoms with van der Waals surface area (Å²) in [6.07, 6.45) is 6.37. The number of benzene rings is 2. The van der Waals surface area contributed by atoms with Crippen LogP contribution in [0.1, 0.15) is 56.6 Å². The fraction of sp³-hybridized carbons (Fsp3) is 0.500. The number of hydrogen-bond acceptors (Lipinski definition) is 5. The maximum atomic E-state index is 13.9. The van der Waals surface area contributed by atoms with Crippen LogP contribution in [0, 0.1) is 12.7 Å². The number of nitrogens with one attached hydrogen (secondary N) is 1. The van der Waals surface area contributed by atoms with E-state index in [9.17, 15) is 22.4 Å². The molecule has 0 heterocycles. The summed E-state index contributed by atoms with van der Waals surface area (Å²) in [7, 11) is -2.46. The normalized spacial score (nSPS) is 15.0. The molecule has 2 amide bonds. The van der Waals surface area contributed by atoms with Crippen LogP contribution in [0.5, 0.6) is 5.75 Å². The fourth-order valence-corrected chi connectivity index (χ4v) is 5.68. The molecule has 1 atom stereocenters. The van der Waals surface area contributed by atoms with E-state index >= 15 is 0 Å². The number of aryl methyl sites for hydroxylation is 1. The van der Waals surface area contributed by atoms with Gasteiger partial charge in [0, 0.05) is 12.6 Å². The maximum absolute atomic E-state index is 13.9. The zero-order chi connectivity index (χ0) is 27.9. The molecule has 0 aliphatic heterocycles. The molecular weight excluding hydrogens is 509 g/mol. The van der Waals surface area contributed by atoms with E-state index in [1.165, 1.54) is 24.1 Å². The molecule has 1 saturated carbocycles. The van der Waals surface area contributed by atoms with Gasteiger partial charge < -0.3 is 15.0 Å². The van der Waals surface area contributed by atoms with E-state index < -0.39 is 34.3 Å². The Bertz CT molecular complexity index is 1210. The van der Waals surface area contributed by atoms with Crippen LogP contribution in [-0.2, 0) is 26.2 Å². The van der Waals surface area contributed by atoms with Crippen LogP contribution in [0.25, 0.3) is 0 Å². The summed E-state index contributed by atoms with van der Waals surface area (Å²) in [6, 6.07) is 10.0. The SMILES string of the molecule is CC[C@H](C(=O)NC1CCCCC1)N(Cc1ccc(F)cc1)C(=O)CN(c1cc(C)ccc1OC)S(C)(=O)=O. The lowest BCUT2D eigenvalue weighted by molar-refractivity contribution is -0.140. The van der Waals surface area contributed by atoms with Crippen molar-refractivity contribution in [3.05, 3.63) is 59.4 Å². The summed E-state index contributed by atoms with van der Waals surface area (Å²) < 4.78 is 45.7. The van der Waals surface area contributed by atoms with E-state index in [0.717, 1.165) is 48.2 Å². The number of sulfonamides is 1. The second-order valence-electron chi connectivity index (χ2n) is 9.86. The molecule has 0 aromatic heterocycles. The minimum Gasteiger partial charge on any atom is -0.495 e. The summed E-state index contributed by atoms with van der Waals surface area (Å²) in [5, 5.41) is 3.10. The molecule has 2 aromatic carbocycles. The topological polar surface area (TPSA) is 96.0 Å². The van der Waals surface area contributed by atoms with Gasteiger partial charge in [-0.25, -0.2) is 12.8 Å². The summed E-state index contributed by atoms with van der Waals surface area (Å²) in [6.45, 7) is 3.13. The predicted molar refractivity (Wildman–Crippen MR) is 146 cm³/mol. The van der Waals surface area contributed by atoms with Crippen LogP contribution < -0.4 is 14.4 Å². The fourth-order valence-electron chi connectivity index (χ4n) is 4.84. The van der Waals surface area contributed by atoms with Gasteiger partial charge >= 0.3 is 0 Å². The summed E-state index contributed by atoms with van der Waals surface area (Å²) in [5.41, 5.74) is 1.66. The first-order chi connectivity index (χ1) is 18.0. The third kappa shape index (κ3) is 7.69. The number of hydrogen-bond donors (Lipinski definition) is 1. The van der Waals surface area contributed by atoms with Crippen LogP contribution in [-0.4, -0.2) is 57.1 Å². The Labute approximate surface area is 225 Å². The van der Waals surface area contributed by atoms with Gasteiger partial charge in [-0.15, -0.1) is 0 Å². The van der Waals surface area contributed by atoms with Crippen molar-refractivity contribution in [3.8, 4) is 5.75 Å². The van der Waals surface area contributed by atoms with Crippen molar-refractivity contribution in [3.63, 3.8) is 0 Å². The van der Waals surface area contributed by atoms with E-state index in [1.54, 1.807) is 30.3 Å². The minimum absolute atomic E-state index is 0.0261. The minimum atomic E-state index is -3.89. The average molecular weight is 548 g/mol. The molecule has 1 aliphatic rings. The number of carbonyl (C=O) groups excluding carboxylic acids is 2. The number of amides is 2. The van der Waals surface area contributed by atoms with Crippen molar-refractivity contribution >= 4 is 27.5 Å². The molecule has 0 radical (unpaired) electrons. The summed E-state index contributed by atoms with van der Waals surface area (Å²) in [5.74, 6) is -0.924. The molecule has 8 nitrogen and oxygen atoms in total. The Morgan fingerprint density at radius 3 is 2.34 bits per heavy atom. The Kier molecular flexibility index (Phi) is 10.1. The number of methoxy groups -OCH3 is 1. The van der Waals surface area contributed by atoms with E-state index in [0.29, 0.717) is 17.7 Å². The molecule has 0 unspecified atom stereocenters. The van der Waals surface area contributed by atoms with Crippen molar-refractivity contribution in [2.75, 3.05) is 24.2 Å². The van der Waals surface area contributed by atoms with Gasteiger partial charge in [0.1, 0.15) is 24.2 Å². The zero-order valence-corrected chi connectivity index (χ0v) is 23.4. The molecule has 38 heavy (non-hydrogen) atoms. The van der Waals surface area contributed by atoms with Crippen molar-refractivity contribution in [2.45, 2.75) is 71.0 Å². The number of nitrogens with zero attached hydrogens (tertiary/aromatic N) is 2. The quantitative estimate of drug-likeness (QED) is 0.456. The van der Waals surface area contributed by atoms with Gasteiger partial charge in [-0.2, -0.15) is 0 Å². The zero-order valence-electron chi connectivity index (χ0n) is 22.6. The van der Waals surface area contributed by atoms with E-state index in [-0.39, 0.29) is 24.2 Å². The second-order valence-corrected chi connectivity index (χ2v) is 11.8. The highest BCUT2D eigenvalue weighted by Crippen LogP contribution is 2.31. The number of carbonyl (C=O) groups is 2.